The van der Waals surface area contributed by atoms with Crippen LogP contribution >= 0.6 is 39.0 Å². The largest absolute Gasteiger partial charge is 0.325 e. The van der Waals surface area contributed by atoms with Gasteiger partial charge in [0.05, 0.1) is 16.8 Å². The van der Waals surface area contributed by atoms with E-state index >= 15 is 0 Å². The second-order valence-corrected chi connectivity index (χ2v) is 11.4. The van der Waals surface area contributed by atoms with Gasteiger partial charge in [0.1, 0.15) is 4.83 Å². The van der Waals surface area contributed by atoms with Crippen molar-refractivity contribution in [2.75, 3.05) is 11.1 Å². The topological polar surface area (TPSA) is 64.0 Å². The molecule has 0 saturated carbocycles. The van der Waals surface area contributed by atoms with Crippen LogP contribution in [0.2, 0.25) is 0 Å². The molecule has 8 heteroatoms. The molecule has 0 saturated heterocycles. The fourth-order valence-corrected chi connectivity index (χ4v) is 6.84. The zero-order chi connectivity index (χ0) is 23.7. The maximum absolute atomic E-state index is 13.8. The first-order valence-electron chi connectivity index (χ1n) is 11.3. The summed E-state index contributed by atoms with van der Waals surface area (Å²) in [4.78, 5) is 33.5. The van der Waals surface area contributed by atoms with Crippen LogP contribution in [0.25, 0.3) is 15.9 Å². The zero-order valence-corrected chi connectivity index (χ0v) is 21.9. The smallest absolute Gasteiger partial charge is 0.267 e. The van der Waals surface area contributed by atoms with Gasteiger partial charge in [0.15, 0.2) is 5.16 Å². The Hall–Kier alpha value is -2.42. The average molecular weight is 555 g/mol. The highest BCUT2D eigenvalue weighted by atomic mass is 79.9. The maximum Gasteiger partial charge on any atom is 0.267 e. The summed E-state index contributed by atoms with van der Waals surface area (Å²) in [6, 6.07) is 17.0. The number of hydrogen-bond donors (Lipinski definition) is 1. The normalized spacial score (nSPS) is 15.3. The number of nitrogens with one attached hydrogen (secondary N) is 1. The Morgan fingerprint density at radius 3 is 2.71 bits per heavy atom. The summed E-state index contributed by atoms with van der Waals surface area (Å²) in [6.45, 7) is 2.23. The van der Waals surface area contributed by atoms with Gasteiger partial charge >= 0.3 is 0 Å². The van der Waals surface area contributed by atoms with Crippen LogP contribution in [0.15, 0.2) is 69.0 Å². The summed E-state index contributed by atoms with van der Waals surface area (Å²) >= 11 is 6.34. The van der Waals surface area contributed by atoms with Crippen molar-refractivity contribution in [3.05, 3.63) is 79.9 Å². The van der Waals surface area contributed by atoms with E-state index in [2.05, 4.69) is 28.2 Å². The summed E-state index contributed by atoms with van der Waals surface area (Å²) in [6.07, 6.45) is 4.23. The number of carbonyl (C=O) groups excluding carboxylic acids is 1. The number of carbonyl (C=O) groups is 1. The van der Waals surface area contributed by atoms with Crippen LogP contribution in [0, 0.1) is 5.92 Å². The minimum Gasteiger partial charge on any atom is -0.325 e. The number of thiophene rings is 1. The molecule has 0 aliphatic heterocycles. The molecule has 5 rings (SSSR count). The summed E-state index contributed by atoms with van der Waals surface area (Å²) in [5, 5.41) is 4.20. The van der Waals surface area contributed by atoms with Crippen molar-refractivity contribution in [2.24, 2.45) is 5.92 Å². The van der Waals surface area contributed by atoms with Crippen LogP contribution in [-0.4, -0.2) is 21.2 Å². The number of thioether (sulfide) groups is 1. The van der Waals surface area contributed by atoms with Crippen LogP contribution in [0.3, 0.4) is 0 Å². The molecule has 1 N–H and O–H groups in total. The van der Waals surface area contributed by atoms with E-state index in [-0.39, 0.29) is 17.2 Å². The van der Waals surface area contributed by atoms with E-state index in [1.807, 2.05) is 54.6 Å². The molecule has 4 aromatic rings. The van der Waals surface area contributed by atoms with E-state index in [1.54, 1.807) is 15.9 Å². The van der Waals surface area contributed by atoms with E-state index in [1.165, 1.54) is 22.2 Å². The lowest BCUT2D eigenvalue weighted by atomic mass is 9.86. The van der Waals surface area contributed by atoms with Crippen molar-refractivity contribution in [1.82, 2.24) is 9.55 Å². The molecule has 174 valence electrons. The standard InChI is InChI=1S/C26H24BrN3O2S2/c1-2-16-8-13-20-21(14-16)34-24-23(20)25(32)30(19-6-4-3-5-7-19)26(29-24)33-15-22(31)28-18-11-9-17(27)10-12-18/h3-7,9-12,16H,2,8,13-15H2,1H3,(H,28,31)/t16-/m1/s1. The third-order valence-corrected chi connectivity index (χ3v) is 8.82. The van der Waals surface area contributed by atoms with Gasteiger partial charge in [0.2, 0.25) is 5.91 Å². The van der Waals surface area contributed by atoms with Gasteiger partial charge < -0.3 is 5.32 Å². The van der Waals surface area contributed by atoms with Gasteiger partial charge in [-0.05, 0) is 67.1 Å². The molecule has 1 atom stereocenters. The van der Waals surface area contributed by atoms with Gasteiger partial charge in [-0.1, -0.05) is 59.2 Å². The first kappa shape index (κ1) is 23.3. The van der Waals surface area contributed by atoms with E-state index in [0.717, 1.165) is 51.7 Å². The minimum absolute atomic E-state index is 0.0422. The Labute approximate surface area is 214 Å². The van der Waals surface area contributed by atoms with Crippen LogP contribution < -0.4 is 10.9 Å². The van der Waals surface area contributed by atoms with E-state index < -0.39 is 0 Å². The van der Waals surface area contributed by atoms with Gasteiger partial charge in [0.25, 0.3) is 5.56 Å². The summed E-state index contributed by atoms with van der Waals surface area (Å²) in [5.41, 5.74) is 2.63. The summed E-state index contributed by atoms with van der Waals surface area (Å²) in [7, 11) is 0. The molecule has 1 aliphatic carbocycles. The Morgan fingerprint density at radius 2 is 1.97 bits per heavy atom. The lowest BCUT2D eigenvalue weighted by molar-refractivity contribution is -0.113. The third-order valence-electron chi connectivity index (χ3n) is 6.21. The van der Waals surface area contributed by atoms with Crippen molar-refractivity contribution in [1.29, 1.82) is 0 Å². The highest BCUT2D eigenvalue weighted by molar-refractivity contribution is 9.10. The third kappa shape index (κ3) is 4.72. The van der Waals surface area contributed by atoms with Gasteiger partial charge in [-0.25, -0.2) is 4.98 Å². The summed E-state index contributed by atoms with van der Waals surface area (Å²) in [5.74, 6) is 0.690. The molecule has 2 heterocycles. The van der Waals surface area contributed by atoms with E-state index in [0.29, 0.717) is 11.1 Å². The molecule has 5 nitrogen and oxygen atoms in total. The number of para-hydroxylation sites is 1. The average Bonchev–Trinajstić information content (AvgIpc) is 3.22. The fraction of sp³-hybridized carbons (Fsp3) is 0.269. The lowest BCUT2D eigenvalue weighted by Crippen LogP contribution is -2.23. The highest BCUT2D eigenvalue weighted by Crippen LogP contribution is 2.38. The van der Waals surface area contributed by atoms with Crippen LogP contribution in [0.4, 0.5) is 5.69 Å². The molecule has 1 amide bonds. The van der Waals surface area contributed by atoms with Gasteiger partial charge in [-0.2, -0.15) is 0 Å². The molecule has 0 unspecified atom stereocenters. The fourth-order valence-electron chi connectivity index (χ4n) is 4.39. The van der Waals surface area contributed by atoms with E-state index in [9.17, 15) is 9.59 Å². The predicted octanol–water partition coefficient (Wildman–Crippen LogP) is 6.46. The van der Waals surface area contributed by atoms with E-state index in [4.69, 9.17) is 4.98 Å². The Balaban J connectivity index is 1.50. The first-order valence-corrected chi connectivity index (χ1v) is 13.9. The molecule has 34 heavy (non-hydrogen) atoms. The molecule has 0 radical (unpaired) electrons. The number of rotatable bonds is 6. The summed E-state index contributed by atoms with van der Waals surface area (Å²) < 4.78 is 2.62. The number of anilines is 1. The van der Waals surface area contributed by atoms with Gasteiger partial charge in [0, 0.05) is 15.0 Å². The number of aryl methyl sites for hydroxylation is 1. The molecule has 2 aromatic carbocycles. The number of halogens is 1. The first-order chi connectivity index (χ1) is 16.5. The monoisotopic (exact) mass is 553 g/mol. The van der Waals surface area contributed by atoms with Gasteiger partial charge in [-0.15, -0.1) is 11.3 Å². The number of benzene rings is 2. The molecule has 2 aromatic heterocycles. The Bertz CT molecular complexity index is 1400. The van der Waals surface area contributed by atoms with Crippen molar-refractivity contribution in [3.8, 4) is 5.69 Å². The maximum atomic E-state index is 13.8. The molecular formula is C26H24BrN3O2S2. The van der Waals surface area contributed by atoms with Crippen LogP contribution in [0.1, 0.15) is 30.2 Å². The minimum atomic E-state index is -0.141. The van der Waals surface area contributed by atoms with Crippen molar-refractivity contribution >= 4 is 60.8 Å². The number of aromatic nitrogens is 2. The number of nitrogens with zero attached hydrogens (tertiary/aromatic N) is 2. The Morgan fingerprint density at radius 1 is 1.21 bits per heavy atom. The number of fused-ring (bicyclic) bond motifs is 3. The quantitative estimate of drug-likeness (QED) is 0.220. The second kappa shape index (κ2) is 10.1. The SMILES string of the molecule is CC[C@@H]1CCc2c(sc3nc(SCC(=O)Nc4ccc(Br)cc4)n(-c4ccccc4)c(=O)c23)C1. The molecule has 0 spiro atoms. The molecule has 0 bridgehead atoms. The van der Waals surface area contributed by atoms with Gasteiger partial charge in [-0.3, -0.25) is 14.2 Å². The van der Waals surface area contributed by atoms with Crippen molar-refractivity contribution in [3.63, 3.8) is 0 Å². The van der Waals surface area contributed by atoms with Crippen LogP contribution in [-0.2, 0) is 17.6 Å². The highest BCUT2D eigenvalue weighted by Gasteiger charge is 2.26. The van der Waals surface area contributed by atoms with Crippen molar-refractivity contribution in [2.45, 2.75) is 37.8 Å². The lowest BCUT2D eigenvalue weighted by Gasteiger charge is -2.20. The predicted molar refractivity (Wildman–Crippen MR) is 145 cm³/mol. The number of amides is 1. The van der Waals surface area contributed by atoms with Crippen molar-refractivity contribution < 1.29 is 4.79 Å². The Kier molecular flexibility index (Phi) is 6.90. The molecular weight excluding hydrogens is 530 g/mol. The molecule has 1 aliphatic rings. The zero-order valence-electron chi connectivity index (χ0n) is 18.7. The number of hydrogen-bond acceptors (Lipinski definition) is 5. The second-order valence-electron chi connectivity index (χ2n) is 8.42. The van der Waals surface area contributed by atoms with Crippen LogP contribution in [0.5, 0.6) is 0 Å². The molecule has 0 fully saturated rings.